The maximum atomic E-state index is 12.7. The van der Waals surface area contributed by atoms with Crippen molar-refractivity contribution in [2.24, 2.45) is 0 Å². The Bertz CT molecular complexity index is 854. The van der Waals surface area contributed by atoms with Crippen LogP contribution in [0.25, 0.3) is 0 Å². The van der Waals surface area contributed by atoms with Gasteiger partial charge in [-0.1, -0.05) is 17.7 Å². The number of hydrogen-bond acceptors (Lipinski definition) is 3. The molecule has 2 aromatic carbocycles. The van der Waals surface area contributed by atoms with Crippen molar-refractivity contribution in [3.05, 3.63) is 58.1 Å². The van der Waals surface area contributed by atoms with Gasteiger partial charge in [-0.2, -0.15) is 0 Å². The first-order valence-electron chi connectivity index (χ1n) is 7.53. The Morgan fingerprint density at radius 2 is 1.96 bits per heavy atom. The molecule has 0 aliphatic heterocycles. The van der Waals surface area contributed by atoms with Gasteiger partial charge in [0.05, 0.1) is 4.90 Å². The van der Waals surface area contributed by atoms with Crippen LogP contribution in [0.3, 0.4) is 0 Å². The third kappa shape index (κ3) is 3.86. The van der Waals surface area contributed by atoms with Crippen LogP contribution in [0, 0.1) is 6.92 Å². The molecule has 0 fully saturated rings. The Kier molecular flexibility index (Phi) is 5.81. The number of nitrogen functional groups attached to an aromatic ring is 1. The van der Waals surface area contributed by atoms with Crippen molar-refractivity contribution >= 4 is 39.7 Å². The summed E-state index contributed by atoms with van der Waals surface area (Å²) in [5.74, 6) is 0. The van der Waals surface area contributed by atoms with E-state index >= 15 is 0 Å². The molecule has 1 unspecified atom stereocenters. The molecule has 24 heavy (non-hydrogen) atoms. The first kappa shape index (κ1) is 19.1. The van der Waals surface area contributed by atoms with Crippen LogP contribution in [0.5, 0.6) is 0 Å². The Hall–Kier alpha value is -1.27. The van der Waals surface area contributed by atoms with E-state index in [2.05, 4.69) is 4.72 Å². The van der Waals surface area contributed by atoms with Crippen LogP contribution < -0.4 is 10.5 Å². The van der Waals surface area contributed by atoms with Gasteiger partial charge < -0.3 is 5.73 Å². The van der Waals surface area contributed by atoms with Crippen LogP contribution in [0.1, 0.15) is 35.6 Å². The summed E-state index contributed by atoms with van der Waals surface area (Å²) in [5.41, 5.74) is 9.31. The molecule has 2 aromatic rings. The highest BCUT2D eigenvalue weighted by Gasteiger charge is 2.26. The molecular weight excluding hydrogens is 367 g/mol. The number of hydrogen-bond donors (Lipinski definition) is 2. The number of benzene rings is 2. The molecule has 4 nitrogen and oxygen atoms in total. The molecule has 1 aliphatic rings. The third-order valence-corrected chi connectivity index (χ3v) is 6.07. The molecule has 0 amide bonds. The molecule has 130 valence electrons. The Morgan fingerprint density at radius 3 is 2.67 bits per heavy atom. The molecular formula is C17H20Cl2N2O2S. The van der Waals surface area contributed by atoms with E-state index in [1.54, 1.807) is 25.1 Å². The predicted octanol–water partition coefficient (Wildman–Crippen LogP) is 4.01. The zero-order chi connectivity index (χ0) is 16.6. The van der Waals surface area contributed by atoms with Crippen LogP contribution in [-0.4, -0.2) is 8.42 Å². The summed E-state index contributed by atoms with van der Waals surface area (Å²) in [5, 5.41) is 0.528. The monoisotopic (exact) mass is 386 g/mol. The van der Waals surface area contributed by atoms with Crippen molar-refractivity contribution in [2.45, 2.75) is 37.1 Å². The molecule has 0 bridgehead atoms. The first-order valence-corrected chi connectivity index (χ1v) is 9.40. The summed E-state index contributed by atoms with van der Waals surface area (Å²) in [7, 11) is -3.60. The van der Waals surface area contributed by atoms with Gasteiger partial charge in [-0.15, -0.1) is 12.4 Å². The van der Waals surface area contributed by atoms with Gasteiger partial charge in [-0.3, -0.25) is 0 Å². The van der Waals surface area contributed by atoms with Crippen LogP contribution in [0.4, 0.5) is 5.69 Å². The van der Waals surface area contributed by atoms with Gasteiger partial charge in [0.25, 0.3) is 0 Å². The number of fused-ring (bicyclic) bond motifs is 1. The SMILES string of the molecule is Cc1cc(Cl)ccc1S(=O)(=O)NC1CCCc2cc(N)ccc21.Cl. The van der Waals surface area contributed by atoms with Crippen LogP contribution in [0.2, 0.25) is 5.02 Å². The van der Waals surface area contributed by atoms with Crippen LogP contribution in [-0.2, 0) is 16.4 Å². The lowest BCUT2D eigenvalue weighted by molar-refractivity contribution is 0.507. The van der Waals surface area contributed by atoms with Crippen molar-refractivity contribution in [1.82, 2.24) is 4.72 Å². The molecule has 1 atom stereocenters. The smallest absolute Gasteiger partial charge is 0.241 e. The zero-order valence-electron chi connectivity index (χ0n) is 13.3. The number of rotatable bonds is 3. The molecule has 3 rings (SSSR count). The predicted molar refractivity (Wildman–Crippen MR) is 100 cm³/mol. The fourth-order valence-electron chi connectivity index (χ4n) is 3.12. The van der Waals surface area contributed by atoms with E-state index in [0.29, 0.717) is 16.3 Å². The Balaban J connectivity index is 0.00000208. The number of halogens is 2. The number of anilines is 1. The second-order valence-corrected chi connectivity index (χ2v) is 8.05. The van der Waals surface area contributed by atoms with Crippen molar-refractivity contribution in [2.75, 3.05) is 5.73 Å². The van der Waals surface area contributed by atoms with E-state index in [-0.39, 0.29) is 23.3 Å². The van der Waals surface area contributed by atoms with E-state index in [4.69, 9.17) is 17.3 Å². The molecule has 0 radical (unpaired) electrons. The van der Waals surface area contributed by atoms with E-state index in [1.807, 2.05) is 18.2 Å². The number of nitrogens with one attached hydrogen (secondary N) is 1. The minimum absolute atomic E-state index is 0. The van der Waals surface area contributed by atoms with Gasteiger partial charge in [-0.25, -0.2) is 13.1 Å². The van der Waals surface area contributed by atoms with E-state index in [9.17, 15) is 8.42 Å². The lowest BCUT2D eigenvalue weighted by Gasteiger charge is -2.26. The Labute approximate surface area is 153 Å². The number of sulfonamides is 1. The number of aryl methyl sites for hydroxylation is 2. The highest BCUT2D eigenvalue weighted by molar-refractivity contribution is 7.89. The van der Waals surface area contributed by atoms with Crippen molar-refractivity contribution in [1.29, 1.82) is 0 Å². The topological polar surface area (TPSA) is 72.2 Å². The quantitative estimate of drug-likeness (QED) is 0.782. The summed E-state index contributed by atoms with van der Waals surface area (Å²) >= 11 is 5.91. The van der Waals surface area contributed by atoms with Crippen molar-refractivity contribution in [3.8, 4) is 0 Å². The lowest BCUT2D eigenvalue weighted by Crippen LogP contribution is -2.31. The van der Waals surface area contributed by atoms with Gasteiger partial charge in [0.15, 0.2) is 0 Å². The van der Waals surface area contributed by atoms with Gasteiger partial charge in [0.2, 0.25) is 10.0 Å². The summed E-state index contributed by atoms with van der Waals surface area (Å²) in [6.07, 6.45) is 2.64. The highest BCUT2D eigenvalue weighted by Crippen LogP contribution is 2.32. The van der Waals surface area contributed by atoms with Gasteiger partial charge in [0.1, 0.15) is 0 Å². The standard InChI is InChI=1S/C17H19ClN2O2S.ClH/c1-11-9-13(18)5-8-17(11)23(21,22)20-16-4-2-3-12-10-14(19)6-7-15(12)16;/h5-10,16,20H,2-4,19H2,1H3;1H. The fraction of sp³-hybridized carbons (Fsp3) is 0.294. The largest absolute Gasteiger partial charge is 0.399 e. The number of nitrogens with two attached hydrogens (primary N) is 1. The van der Waals surface area contributed by atoms with Gasteiger partial charge >= 0.3 is 0 Å². The van der Waals surface area contributed by atoms with E-state index in [1.165, 1.54) is 0 Å². The molecule has 0 saturated heterocycles. The highest BCUT2D eigenvalue weighted by atomic mass is 35.5. The fourth-order valence-corrected chi connectivity index (χ4v) is 4.82. The third-order valence-electron chi connectivity index (χ3n) is 4.21. The van der Waals surface area contributed by atoms with E-state index in [0.717, 1.165) is 30.4 Å². The van der Waals surface area contributed by atoms with Crippen LogP contribution >= 0.6 is 24.0 Å². The average molecular weight is 387 g/mol. The van der Waals surface area contributed by atoms with Gasteiger partial charge in [0, 0.05) is 16.8 Å². The van der Waals surface area contributed by atoms with Gasteiger partial charge in [-0.05, 0) is 73.2 Å². The second-order valence-electron chi connectivity index (χ2n) is 5.93. The normalized spacial score (nSPS) is 17.0. The van der Waals surface area contributed by atoms with E-state index < -0.39 is 10.0 Å². The van der Waals surface area contributed by atoms with Crippen molar-refractivity contribution in [3.63, 3.8) is 0 Å². The Morgan fingerprint density at radius 1 is 1.21 bits per heavy atom. The summed E-state index contributed by atoms with van der Waals surface area (Å²) < 4.78 is 28.3. The van der Waals surface area contributed by atoms with Crippen LogP contribution in [0.15, 0.2) is 41.3 Å². The molecule has 1 aliphatic carbocycles. The molecule has 7 heteroatoms. The zero-order valence-corrected chi connectivity index (χ0v) is 15.6. The molecule has 0 saturated carbocycles. The summed E-state index contributed by atoms with van der Waals surface area (Å²) in [4.78, 5) is 0.268. The van der Waals surface area contributed by atoms with Crippen molar-refractivity contribution < 1.29 is 8.42 Å². The maximum absolute atomic E-state index is 12.7. The average Bonchev–Trinajstić information content (AvgIpc) is 2.46. The lowest BCUT2D eigenvalue weighted by atomic mass is 9.88. The molecule has 3 N–H and O–H groups in total. The molecule has 0 spiro atoms. The maximum Gasteiger partial charge on any atom is 0.241 e. The first-order chi connectivity index (χ1) is 10.9. The minimum atomic E-state index is -3.60. The second kappa shape index (κ2) is 7.31. The summed E-state index contributed by atoms with van der Waals surface area (Å²) in [6.45, 7) is 1.75. The summed E-state index contributed by atoms with van der Waals surface area (Å²) in [6, 6.07) is 10.3. The minimum Gasteiger partial charge on any atom is -0.399 e. The molecule has 0 aromatic heterocycles. The molecule has 0 heterocycles.